The fourth-order valence-corrected chi connectivity index (χ4v) is 3.98. The Balaban J connectivity index is 1.42. The number of anilines is 1. The third-order valence-electron chi connectivity index (χ3n) is 5.55. The molecule has 0 unspecified atom stereocenters. The van der Waals surface area contributed by atoms with Gasteiger partial charge in [0.05, 0.1) is 35.8 Å². The van der Waals surface area contributed by atoms with Gasteiger partial charge in [-0.05, 0) is 31.2 Å². The first-order valence-electron chi connectivity index (χ1n) is 9.61. The van der Waals surface area contributed by atoms with E-state index in [4.69, 9.17) is 5.26 Å². The summed E-state index contributed by atoms with van der Waals surface area (Å²) in [6.07, 6.45) is 1.46. The molecule has 29 heavy (non-hydrogen) atoms. The first-order valence-corrected chi connectivity index (χ1v) is 9.61. The van der Waals surface area contributed by atoms with Gasteiger partial charge in [0.1, 0.15) is 12.2 Å². The van der Waals surface area contributed by atoms with Gasteiger partial charge in [-0.3, -0.25) is 14.9 Å². The van der Waals surface area contributed by atoms with Crippen molar-refractivity contribution < 1.29 is 18.5 Å². The van der Waals surface area contributed by atoms with Gasteiger partial charge in [0.25, 0.3) is 5.69 Å². The number of rotatable bonds is 7. The van der Waals surface area contributed by atoms with Crippen LogP contribution in [0, 0.1) is 33.2 Å². The van der Waals surface area contributed by atoms with E-state index in [1.807, 2.05) is 6.07 Å². The predicted octanol–water partition coefficient (Wildman–Crippen LogP) is 2.37. The Kier molecular flexibility index (Phi) is 6.59. The SMILES string of the molecule is N#C[C@@H]1C[C@H](F)CN1C(=O)CN[C@@H]1CC[C@H](CNc2ccc([N+](=O)[O-])cc2F)C1. The maximum Gasteiger partial charge on any atom is 0.272 e. The standard InChI is InChI=1S/C19H23F2N5O3/c20-13-6-16(8-22)25(11-13)19(27)10-23-14-2-1-12(5-14)9-24-18-4-3-15(26(28)29)7-17(18)21/h3-4,7,12-14,16,23-24H,1-2,5-6,9-11H2/t12-,13-,14+,16-/m0/s1. The molecular weight excluding hydrogens is 384 g/mol. The minimum Gasteiger partial charge on any atom is -0.382 e. The molecule has 1 amide bonds. The summed E-state index contributed by atoms with van der Waals surface area (Å²) in [6, 6.07) is 4.90. The molecule has 2 N–H and O–H groups in total. The summed E-state index contributed by atoms with van der Waals surface area (Å²) >= 11 is 0. The summed E-state index contributed by atoms with van der Waals surface area (Å²) in [5, 5.41) is 25.9. The summed E-state index contributed by atoms with van der Waals surface area (Å²) in [6.45, 7) is 0.552. The van der Waals surface area contributed by atoms with Gasteiger partial charge in [0, 0.05) is 25.1 Å². The Morgan fingerprint density at radius 1 is 1.38 bits per heavy atom. The fraction of sp³-hybridized carbons (Fsp3) is 0.579. The Bertz CT molecular complexity index is 816. The summed E-state index contributed by atoms with van der Waals surface area (Å²) in [7, 11) is 0. The van der Waals surface area contributed by atoms with E-state index in [2.05, 4.69) is 10.6 Å². The molecule has 156 valence electrons. The lowest BCUT2D eigenvalue weighted by molar-refractivity contribution is -0.385. The number of nitrogens with zero attached hydrogens (tertiary/aromatic N) is 3. The Morgan fingerprint density at radius 2 is 2.17 bits per heavy atom. The highest BCUT2D eigenvalue weighted by molar-refractivity contribution is 5.79. The summed E-state index contributed by atoms with van der Waals surface area (Å²) in [4.78, 5) is 23.6. The smallest absolute Gasteiger partial charge is 0.272 e. The molecule has 4 atom stereocenters. The number of likely N-dealkylation sites (tertiary alicyclic amines) is 1. The highest BCUT2D eigenvalue weighted by Crippen LogP contribution is 2.27. The number of halogens is 2. The summed E-state index contributed by atoms with van der Waals surface area (Å²) < 4.78 is 27.4. The van der Waals surface area contributed by atoms with Gasteiger partial charge >= 0.3 is 0 Å². The second-order valence-electron chi connectivity index (χ2n) is 7.58. The molecule has 1 saturated heterocycles. The maximum atomic E-state index is 13.9. The average Bonchev–Trinajstić information content (AvgIpc) is 3.31. The predicted molar refractivity (Wildman–Crippen MR) is 101 cm³/mol. The van der Waals surface area contributed by atoms with E-state index in [1.165, 1.54) is 17.0 Å². The topological polar surface area (TPSA) is 111 Å². The van der Waals surface area contributed by atoms with Gasteiger partial charge < -0.3 is 15.5 Å². The number of carbonyl (C=O) groups is 1. The number of benzene rings is 1. The van der Waals surface area contributed by atoms with Crippen LogP contribution in [0.15, 0.2) is 18.2 Å². The molecule has 0 aromatic heterocycles. The van der Waals surface area contributed by atoms with E-state index in [0.717, 1.165) is 25.3 Å². The normalized spacial score (nSPS) is 26.3. The second-order valence-corrected chi connectivity index (χ2v) is 7.58. The molecule has 3 rings (SSSR count). The van der Waals surface area contributed by atoms with Gasteiger partial charge in [0.2, 0.25) is 5.91 Å². The van der Waals surface area contributed by atoms with E-state index in [9.17, 15) is 23.7 Å². The molecule has 2 fully saturated rings. The largest absolute Gasteiger partial charge is 0.382 e. The third-order valence-corrected chi connectivity index (χ3v) is 5.55. The van der Waals surface area contributed by atoms with Gasteiger partial charge in [0.15, 0.2) is 5.82 Å². The van der Waals surface area contributed by atoms with E-state index >= 15 is 0 Å². The quantitative estimate of drug-likeness (QED) is 0.530. The summed E-state index contributed by atoms with van der Waals surface area (Å²) in [5.41, 5.74) is -0.0712. The van der Waals surface area contributed by atoms with E-state index < -0.39 is 23.0 Å². The number of carbonyl (C=O) groups excluding carboxylic acids is 1. The fourth-order valence-electron chi connectivity index (χ4n) is 3.98. The Hall–Kier alpha value is -2.80. The molecule has 0 bridgehead atoms. The van der Waals surface area contributed by atoms with Crippen LogP contribution in [0.1, 0.15) is 25.7 Å². The van der Waals surface area contributed by atoms with Crippen LogP contribution in [0.5, 0.6) is 0 Å². The summed E-state index contributed by atoms with van der Waals surface area (Å²) in [5.74, 6) is -0.668. The molecule has 10 heteroatoms. The van der Waals surface area contributed by atoms with Crippen LogP contribution in [0.2, 0.25) is 0 Å². The van der Waals surface area contributed by atoms with Crippen molar-refractivity contribution in [2.24, 2.45) is 5.92 Å². The molecule has 1 aliphatic heterocycles. The zero-order chi connectivity index (χ0) is 21.0. The molecule has 0 spiro atoms. The highest BCUT2D eigenvalue weighted by Gasteiger charge is 2.35. The number of nitro groups is 1. The van der Waals surface area contributed by atoms with Crippen LogP contribution in [0.4, 0.5) is 20.2 Å². The number of hydrogen-bond acceptors (Lipinski definition) is 6. The molecule has 1 aliphatic carbocycles. The Labute approximate surface area is 167 Å². The zero-order valence-corrected chi connectivity index (χ0v) is 15.8. The van der Waals surface area contributed by atoms with E-state index in [-0.39, 0.29) is 48.8 Å². The lowest BCUT2D eigenvalue weighted by Gasteiger charge is -2.21. The van der Waals surface area contributed by atoms with Crippen molar-refractivity contribution in [3.8, 4) is 6.07 Å². The number of nitriles is 1. The minimum atomic E-state index is -1.15. The number of alkyl halides is 1. The van der Waals surface area contributed by atoms with Gasteiger partial charge in [-0.25, -0.2) is 8.78 Å². The minimum absolute atomic E-state index is 0.0310. The van der Waals surface area contributed by atoms with Gasteiger partial charge in [-0.1, -0.05) is 0 Å². The zero-order valence-electron chi connectivity index (χ0n) is 15.8. The van der Waals surface area contributed by atoms with Crippen molar-refractivity contribution in [3.05, 3.63) is 34.1 Å². The number of nitro benzene ring substituents is 1. The monoisotopic (exact) mass is 407 g/mol. The van der Waals surface area contributed by atoms with Crippen LogP contribution in [-0.2, 0) is 4.79 Å². The van der Waals surface area contributed by atoms with Crippen molar-refractivity contribution in [1.29, 1.82) is 5.26 Å². The molecule has 1 aromatic rings. The van der Waals surface area contributed by atoms with Crippen molar-refractivity contribution in [2.45, 2.75) is 43.9 Å². The first-order chi connectivity index (χ1) is 13.9. The van der Waals surface area contributed by atoms with Crippen LogP contribution in [0.25, 0.3) is 0 Å². The second kappa shape index (κ2) is 9.13. The van der Waals surface area contributed by atoms with Crippen molar-refractivity contribution in [2.75, 3.05) is 25.0 Å². The maximum absolute atomic E-state index is 13.9. The van der Waals surface area contributed by atoms with Crippen LogP contribution < -0.4 is 10.6 Å². The van der Waals surface area contributed by atoms with Crippen molar-refractivity contribution >= 4 is 17.3 Å². The highest BCUT2D eigenvalue weighted by atomic mass is 19.1. The van der Waals surface area contributed by atoms with Gasteiger partial charge in [-0.2, -0.15) is 5.26 Å². The molecule has 2 aliphatic rings. The van der Waals surface area contributed by atoms with Crippen molar-refractivity contribution in [3.63, 3.8) is 0 Å². The lowest BCUT2D eigenvalue weighted by atomic mass is 10.1. The number of hydrogen-bond donors (Lipinski definition) is 2. The first kappa shape index (κ1) is 20.9. The Morgan fingerprint density at radius 3 is 2.86 bits per heavy atom. The van der Waals surface area contributed by atoms with E-state index in [1.54, 1.807) is 0 Å². The van der Waals surface area contributed by atoms with E-state index in [0.29, 0.717) is 6.54 Å². The molecule has 1 heterocycles. The van der Waals surface area contributed by atoms with Crippen LogP contribution in [-0.4, -0.2) is 53.6 Å². The molecule has 1 saturated carbocycles. The molecule has 1 aromatic carbocycles. The van der Waals surface area contributed by atoms with Crippen LogP contribution >= 0.6 is 0 Å². The molecular formula is C19H23F2N5O3. The average molecular weight is 407 g/mol. The molecule has 0 radical (unpaired) electrons. The third kappa shape index (κ3) is 5.17. The van der Waals surface area contributed by atoms with Crippen LogP contribution in [0.3, 0.4) is 0 Å². The number of amides is 1. The number of non-ortho nitro benzene ring substituents is 1. The van der Waals surface area contributed by atoms with Gasteiger partial charge in [-0.15, -0.1) is 0 Å². The lowest BCUT2D eigenvalue weighted by Crippen LogP contribution is -2.43. The van der Waals surface area contributed by atoms with Crippen molar-refractivity contribution in [1.82, 2.24) is 10.2 Å². The number of nitrogens with one attached hydrogen (secondary N) is 2. The molecule has 8 nitrogen and oxygen atoms in total.